The van der Waals surface area contributed by atoms with Gasteiger partial charge in [0.2, 0.25) is 0 Å². The van der Waals surface area contributed by atoms with E-state index in [0.29, 0.717) is 23.4 Å². The smallest absolute Gasteiger partial charge is 0.275 e. The van der Waals surface area contributed by atoms with E-state index in [9.17, 15) is 23.1 Å². The molecule has 2 unspecified atom stereocenters. The van der Waals surface area contributed by atoms with Crippen molar-refractivity contribution in [1.29, 1.82) is 0 Å². The van der Waals surface area contributed by atoms with Crippen molar-refractivity contribution in [1.82, 2.24) is 19.7 Å². The molecule has 0 saturated heterocycles. The number of aryl methyl sites for hydroxylation is 1. The monoisotopic (exact) mass is 422 g/mol. The summed E-state index contributed by atoms with van der Waals surface area (Å²) in [4.78, 5) is 20.4. The summed E-state index contributed by atoms with van der Waals surface area (Å²) < 4.78 is 42.1. The maximum atomic E-state index is 13.7. The number of nitrogens with two attached hydrogens (primary N) is 2. The molecule has 0 radical (unpaired) electrons. The molecule has 0 spiro atoms. The number of amides is 1. The van der Waals surface area contributed by atoms with Gasteiger partial charge in [0.05, 0.1) is 11.9 Å². The van der Waals surface area contributed by atoms with Gasteiger partial charge < -0.3 is 16.2 Å². The average Bonchev–Trinajstić information content (AvgIpc) is 3.12. The lowest BCUT2D eigenvalue weighted by molar-refractivity contribution is -0.144. The van der Waals surface area contributed by atoms with Gasteiger partial charge in [-0.2, -0.15) is 0 Å². The van der Waals surface area contributed by atoms with Crippen molar-refractivity contribution in [3.63, 3.8) is 0 Å². The molecule has 0 aliphatic rings. The van der Waals surface area contributed by atoms with E-state index >= 15 is 0 Å². The number of rotatable bonds is 6. The third kappa shape index (κ3) is 3.46. The van der Waals surface area contributed by atoms with Crippen LogP contribution in [0.2, 0.25) is 0 Å². The summed E-state index contributed by atoms with van der Waals surface area (Å²) in [7, 11) is 0. The van der Waals surface area contributed by atoms with Crippen LogP contribution in [0.15, 0.2) is 30.6 Å². The number of benzene rings is 1. The summed E-state index contributed by atoms with van der Waals surface area (Å²) >= 11 is 0. The van der Waals surface area contributed by atoms with Gasteiger partial charge in [0.15, 0.2) is 23.4 Å². The zero-order valence-corrected chi connectivity index (χ0v) is 16.2. The van der Waals surface area contributed by atoms with Crippen molar-refractivity contribution >= 4 is 17.4 Å². The topological polar surface area (TPSA) is 132 Å². The Labute approximate surface area is 169 Å². The molecule has 2 aromatic heterocycles. The van der Waals surface area contributed by atoms with Crippen LogP contribution in [-0.2, 0) is 5.60 Å². The summed E-state index contributed by atoms with van der Waals surface area (Å²) in [5.41, 5.74) is 9.01. The first-order valence-corrected chi connectivity index (χ1v) is 9.04. The van der Waals surface area contributed by atoms with Crippen LogP contribution < -0.4 is 16.8 Å². The first-order valence-electron chi connectivity index (χ1n) is 9.04. The Bertz CT molecular complexity index is 1090. The number of nitrogens with zero attached hydrogens (tertiary/aromatic N) is 3. The van der Waals surface area contributed by atoms with E-state index in [1.54, 1.807) is 13.8 Å². The van der Waals surface area contributed by atoms with Gasteiger partial charge in [-0.25, -0.2) is 23.1 Å². The van der Waals surface area contributed by atoms with Gasteiger partial charge in [0.1, 0.15) is 5.69 Å². The summed E-state index contributed by atoms with van der Waals surface area (Å²) in [6.45, 7) is 3.83. The van der Waals surface area contributed by atoms with Gasteiger partial charge in [0.25, 0.3) is 12.3 Å². The molecule has 3 rings (SSSR count). The van der Waals surface area contributed by atoms with Crippen LogP contribution in [0.3, 0.4) is 0 Å². The molecule has 2 atom stereocenters. The van der Waals surface area contributed by atoms with Gasteiger partial charge in [-0.05, 0) is 31.0 Å². The Morgan fingerprint density at radius 3 is 2.67 bits per heavy atom. The maximum Gasteiger partial charge on any atom is 0.275 e. The summed E-state index contributed by atoms with van der Waals surface area (Å²) in [5.74, 6) is -0.458. The Morgan fingerprint density at radius 2 is 2.07 bits per heavy atom. The minimum absolute atomic E-state index is 0.00586. The number of hydrogen-bond donors (Lipinski definition) is 4. The number of fused-ring (bicyclic) bond motifs is 1. The maximum absolute atomic E-state index is 13.7. The third-order valence-corrected chi connectivity index (χ3v) is 4.82. The van der Waals surface area contributed by atoms with Crippen LogP contribution in [0.5, 0.6) is 0 Å². The van der Waals surface area contributed by atoms with E-state index in [2.05, 4.69) is 15.3 Å². The molecule has 30 heavy (non-hydrogen) atoms. The largest absolute Gasteiger partial charge is 0.381 e. The molecule has 0 bridgehead atoms. The first-order chi connectivity index (χ1) is 14.1. The van der Waals surface area contributed by atoms with E-state index in [0.717, 1.165) is 0 Å². The van der Waals surface area contributed by atoms with Crippen LogP contribution in [0.25, 0.3) is 16.9 Å². The van der Waals surface area contributed by atoms with Crippen LogP contribution >= 0.6 is 0 Å². The third-order valence-electron chi connectivity index (χ3n) is 4.82. The van der Waals surface area contributed by atoms with Crippen LogP contribution in [-0.4, -0.2) is 44.6 Å². The molecule has 3 aromatic rings. The lowest BCUT2D eigenvalue weighted by atomic mass is 9.89. The van der Waals surface area contributed by atoms with Crippen molar-refractivity contribution in [2.24, 2.45) is 5.73 Å². The predicted molar refractivity (Wildman–Crippen MR) is 105 cm³/mol. The van der Waals surface area contributed by atoms with Crippen molar-refractivity contribution in [3.8, 4) is 11.3 Å². The highest BCUT2D eigenvalue weighted by Crippen LogP contribution is 2.36. The van der Waals surface area contributed by atoms with Gasteiger partial charge >= 0.3 is 0 Å². The molecule has 0 saturated carbocycles. The molecule has 1 amide bonds. The Hall–Kier alpha value is -3.18. The molecule has 8 nitrogen and oxygen atoms in total. The van der Waals surface area contributed by atoms with Gasteiger partial charge in [-0.1, -0.05) is 12.1 Å². The average molecular weight is 422 g/mol. The lowest BCUT2D eigenvalue weighted by Crippen LogP contribution is -2.48. The number of halogens is 3. The molecule has 1 aromatic carbocycles. The molecular formula is C19H21F3N6O2. The minimum Gasteiger partial charge on any atom is -0.381 e. The molecule has 0 fully saturated rings. The second kappa shape index (κ2) is 7.92. The quantitative estimate of drug-likeness (QED) is 0.448. The Balaban J connectivity index is 2.22. The molecule has 0 aliphatic heterocycles. The van der Waals surface area contributed by atoms with Crippen molar-refractivity contribution in [2.75, 3.05) is 12.3 Å². The second-order valence-corrected chi connectivity index (χ2v) is 6.77. The highest BCUT2D eigenvalue weighted by atomic mass is 19.3. The van der Waals surface area contributed by atoms with E-state index < -0.39 is 29.8 Å². The fraction of sp³-hybridized carbons (Fsp3) is 0.316. The number of hydrogen-bond acceptors (Lipinski definition) is 6. The SMILES string of the molecule is CCNC(=O)c1cn2c(-c3cc(C(O)(C(N)F)C(F)F)ccc3C)cnc2c(N)n1. The van der Waals surface area contributed by atoms with E-state index in [-0.39, 0.29) is 17.2 Å². The summed E-state index contributed by atoms with van der Waals surface area (Å²) in [6, 6.07) is 3.85. The van der Waals surface area contributed by atoms with Crippen molar-refractivity contribution < 1.29 is 23.1 Å². The predicted octanol–water partition coefficient (Wildman–Crippen LogP) is 1.74. The number of imidazole rings is 1. The standard InChI is InChI=1S/C19H21F3N6O2/c1-3-25-16(29)12-8-28-13(7-26-15(28)14(23)27-12)11-6-10(5-4-9(11)2)19(30,17(20)21)18(22)24/h4-8,17-18,30H,3,24H2,1-2H3,(H2,23,27)(H,25,29). The number of nitrogens with one attached hydrogen (secondary N) is 1. The fourth-order valence-electron chi connectivity index (χ4n) is 3.12. The summed E-state index contributed by atoms with van der Waals surface area (Å²) in [5, 5.41) is 12.8. The second-order valence-electron chi connectivity index (χ2n) is 6.77. The van der Waals surface area contributed by atoms with E-state index in [4.69, 9.17) is 11.5 Å². The number of alkyl halides is 3. The Morgan fingerprint density at radius 1 is 1.37 bits per heavy atom. The van der Waals surface area contributed by atoms with E-state index in [1.807, 2.05) is 0 Å². The number of aromatic nitrogens is 3. The zero-order chi connectivity index (χ0) is 22.2. The molecule has 0 aliphatic carbocycles. The fourth-order valence-corrected chi connectivity index (χ4v) is 3.12. The highest BCUT2D eigenvalue weighted by Gasteiger charge is 2.46. The van der Waals surface area contributed by atoms with Gasteiger partial charge in [-0.3, -0.25) is 14.9 Å². The van der Waals surface area contributed by atoms with E-state index in [1.165, 1.54) is 35.0 Å². The van der Waals surface area contributed by atoms with Crippen LogP contribution in [0.1, 0.15) is 28.5 Å². The lowest BCUT2D eigenvalue weighted by Gasteiger charge is -2.29. The Kier molecular flexibility index (Phi) is 5.68. The molecule has 2 heterocycles. The molecule has 6 N–H and O–H groups in total. The van der Waals surface area contributed by atoms with Crippen molar-refractivity contribution in [2.45, 2.75) is 32.2 Å². The number of carbonyl (C=O) groups excluding carboxylic acids is 1. The zero-order valence-electron chi connectivity index (χ0n) is 16.2. The molecular weight excluding hydrogens is 401 g/mol. The number of anilines is 1. The molecule has 160 valence electrons. The number of aliphatic hydroxyl groups is 1. The number of nitrogen functional groups attached to an aromatic ring is 1. The minimum atomic E-state index is -3.46. The highest BCUT2D eigenvalue weighted by molar-refractivity contribution is 5.93. The van der Waals surface area contributed by atoms with Crippen LogP contribution in [0, 0.1) is 6.92 Å². The summed E-state index contributed by atoms with van der Waals surface area (Å²) in [6.07, 6.45) is -3.35. The van der Waals surface area contributed by atoms with Crippen LogP contribution in [0.4, 0.5) is 19.0 Å². The molecule has 11 heteroatoms. The van der Waals surface area contributed by atoms with Gasteiger partial charge in [0, 0.05) is 18.3 Å². The van der Waals surface area contributed by atoms with Gasteiger partial charge in [-0.15, -0.1) is 0 Å². The first kappa shape index (κ1) is 21.5. The number of carbonyl (C=O) groups is 1. The normalized spacial score (nSPS) is 14.7. The van der Waals surface area contributed by atoms with Crippen molar-refractivity contribution in [3.05, 3.63) is 47.4 Å².